The van der Waals surface area contributed by atoms with Crippen LogP contribution in [0, 0.1) is 0 Å². The van der Waals surface area contributed by atoms with Gasteiger partial charge in [0.1, 0.15) is 0 Å². The van der Waals surface area contributed by atoms with E-state index in [0.29, 0.717) is 0 Å². The first kappa shape index (κ1) is 10.3. The van der Waals surface area contributed by atoms with E-state index in [4.69, 9.17) is 0 Å². The molecule has 0 aromatic rings. The molecule has 6 heteroatoms. The molecule has 1 unspecified atom stereocenters. The monoisotopic (exact) mass is 179 g/mol. The smallest absolute Gasteiger partial charge is 0.335 e. The second-order valence-electron chi connectivity index (χ2n) is 1.65. The third kappa shape index (κ3) is 5.71. The Morgan fingerprint density at radius 2 is 2.27 bits per heavy atom. The second kappa shape index (κ2) is 5.00. The van der Waals surface area contributed by atoms with E-state index in [-0.39, 0.29) is 5.57 Å². The van der Waals surface area contributed by atoms with Gasteiger partial charge in [-0.3, -0.25) is 4.18 Å². The fourth-order valence-corrected chi connectivity index (χ4v) is 0.367. The lowest BCUT2D eigenvalue weighted by atomic mass is 10.4. The summed E-state index contributed by atoms with van der Waals surface area (Å²) in [5, 5.41) is 0. The summed E-state index contributed by atoms with van der Waals surface area (Å²) in [7, 11) is 0. The molecule has 0 N–H and O–H groups in total. The molecule has 0 spiro atoms. The average Bonchev–Trinajstić information content (AvgIpc) is 1.86. The zero-order chi connectivity index (χ0) is 8.85. The number of ether oxygens (including phenoxy) is 1. The van der Waals surface area contributed by atoms with E-state index >= 15 is 0 Å². The molecule has 0 aromatic heterocycles. The van der Waals surface area contributed by atoms with Gasteiger partial charge in [0.25, 0.3) is 0 Å². The molecule has 5 nitrogen and oxygen atoms in total. The lowest BCUT2D eigenvalue weighted by Gasteiger charge is -2.05. The van der Waals surface area contributed by atoms with E-state index in [2.05, 4.69) is 15.5 Å². The predicted octanol–water partition coefficient (Wildman–Crippen LogP) is -0.126. The molecule has 0 aliphatic rings. The van der Waals surface area contributed by atoms with Crippen LogP contribution in [0.5, 0.6) is 0 Å². The summed E-state index contributed by atoms with van der Waals surface area (Å²) in [6.45, 7) is 4.10. The minimum Gasteiger partial charge on any atom is -0.750 e. The van der Waals surface area contributed by atoms with Gasteiger partial charge in [0.2, 0.25) is 6.79 Å². The zero-order valence-electron chi connectivity index (χ0n) is 5.86. The van der Waals surface area contributed by atoms with Gasteiger partial charge in [0.15, 0.2) is 0 Å². The van der Waals surface area contributed by atoms with Gasteiger partial charge in [-0.05, 0) is 6.92 Å². The van der Waals surface area contributed by atoms with Gasteiger partial charge in [-0.25, -0.2) is 9.00 Å². The average molecular weight is 179 g/mol. The number of hydrogen-bond donors (Lipinski definition) is 0. The summed E-state index contributed by atoms with van der Waals surface area (Å²) in [5.74, 6) is -0.685. The highest BCUT2D eigenvalue weighted by Crippen LogP contribution is 1.92. The summed E-state index contributed by atoms with van der Waals surface area (Å²) in [4.78, 5) is 10.5. The van der Waals surface area contributed by atoms with Crippen molar-refractivity contribution < 1.29 is 22.5 Å². The van der Waals surface area contributed by atoms with Crippen LogP contribution >= 0.6 is 0 Å². The van der Waals surface area contributed by atoms with Crippen LogP contribution in [0.1, 0.15) is 6.92 Å². The fraction of sp³-hybridized carbons (Fsp3) is 0.400. The highest BCUT2D eigenvalue weighted by Gasteiger charge is 2.01. The quantitative estimate of drug-likeness (QED) is 0.260. The summed E-state index contributed by atoms with van der Waals surface area (Å²) in [6, 6.07) is 0. The fourth-order valence-electron chi connectivity index (χ4n) is 0.240. The van der Waals surface area contributed by atoms with Crippen molar-refractivity contribution in [2.75, 3.05) is 6.79 Å². The molecule has 0 rings (SSSR count). The summed E-state index contributed by atoms with van der Waals surface area (Å²) in [6.07, 6.45) is 0. The maximum Gasteiger partial charge on any atom is 0.335 e. The highest BCUT2D eigenvalue weighted by atomic mass is 32.2. The topological polar surface area (TPSA) is 75.7 Å². The van der Waals surface area contributed by atoms with Crippen LogP contribution in [0.15, 0.2) is 12.2 Å². The Morgan fingerprint density at radius 1 is 1.73 bits per heavy atom. The maximum atomic E-state index is 10.5. The molecule has 0 aliphatic heterocycles. The second-order valence-corrected chi connectivity index (χ2v) is 2.30. The largest absolute Gasteiger partial charge is 0.750 e. The van der Waals surface area contributed by atoms with Crippen LogP contribution < -0.4 is 0 Å². The zero-order valence-corrected chi connectivity index (χ0v) is 6.68. The summed E-state index contributed by atoms with van der Waals surface area (Å²) >= 11 is -2.65. The molecular formula is C5H7O5S-. The van der Waals surface area contributed by atoms with Crippen LogP contribution in [-0.4, -0.2) is 21.5 Å². The van der Waals surface area contributed by atoms with Crippen molar-refractivity contribution in [3.63, 3.8) is 0 Å². The molecule has 64 valence electrons. The molecule has 0 amide bonds. The van der Waals surface area contributed by atoms with E-state index in [1.165, 1.54) is 6.92 Å². The molecular weight excluding hydrogens is 172 g/mol. The standard InChI is InChI=1S/C5H8O5S/c1-4(2)5(6)9-3-10-11(7)8/h1,3H2,2H3,(H,7,8)/p-1. The van der Waals surface area contributed by atoms with Crippen LogP contribution in [0.3, 0.4) is 0 Å². The van der Waals surface area contributed by atoms with Crippen molar-refractivity contribution >= 4 is 17.3 Å². The molecule has 11 heavy (non-hydrogen) atoms. The van der Waals surface area contributed by atoms with Gasteiger partial charge in [0.05, 0.1) is 11.4 Å². The first-order chi connectivity index (χ1) is 5.04. The van der Waals surface area contributed by atoms with Gasteiger partial charge in [-0.2, -0.15) is 0 Å². The Kier molecular flexibility index (Phi) is 4.67. The van der Waals surface area contributed by atoms with Crippen molar-refractivity contribution in [1.29, 1.82) is 0 Å². The molecule has 0 aliphatic carbocycles. The van der Waals surface area contributed by atoms with Gasteiger partial charge < -0.3 is 9.29 Å². The van der Waals surface area contributed by atoms with Crippen molar-refractivity contribution in [1.82, 2.24) is 0 Å². The molecule has 0 aromatic carbocycles. The van der Waals surface area contributed by atoms with Crippen molar-refractivity contribution in [2.45, 2.75) is 6.92 Å². The van der Waals surface area contributed by atoms with Gasteiger partial charge in [0, 0.05) is 5.57 Å². The van der Waals surface area contributed by atoms with Crippen molar-refractivity contribution in [3.05, 3.63) is 12.2 Å². The highest BCUT2D eigenvalue weighted by molar-refractivity contribution is 7.74. The predicted molar refractivity (Wildman–Crippen MR) is 35.8 cm³/mol. The van der Waals surface area contributed by atoms with Crippen molar-refractivity contribution in [3.8, 4) is 0 Å². The van der Waals surface area contributed by atoms with Crippen molar-refractivity contribution in [2.24, 2.45) is 0 Å². The number of carbonyl (C=O) groups excluding carboxylic acids is 1. The number of hydrogen-bond acceptors (Lipinski definition) is 5. The molecule has 0 bridgehead atoms. The van der Waals surface area contributed by atoms with E-state index < -0.39 is 24.1 Å². The lowest BCUT2D eigenvalue weighted by molar-refractivity contribution is -0.145. The minimum absolute atomic E-state index is 0.185. The third-order valence-corrected chi connectivity index (χ3v) is 0.971. The van der Waals surface area contributed by atoms with E-state index in [1.807, 2.05) is 0 Å². The van der Waals surface area contributed by atoms with Gasteiger partial charge in [-0.15, -0.1) is 0 Å². The SMILES string of the molecule is C=C(C)C(=O)OCOS(=O)[O-]. The van der Waals surface area contributed by atoms with Crippen LogP contribution in [0.2, 0.25) is 0 Å². The number of esters is 1. The van der Waals surface area contributed by atoms with E-state index in [0.717, 1.165) is 0 Å². The maximum absolute atomic E-state index is 10.5. The normalized spacial score (nSPS) is 12.2. The lowest BCUT2D eigenvalue weighted by Crippen LogP contribution is -2.09. The van der Waals surface area contributed by atoms with Gasteiger partial charge in [-0.1, -0.05) is 6.58 Å². The van der Waals surface area contributed by atoms with Gasteiger partial charge >= 0.3 is 5.97 Å². The molecule has 0 saturated carbocycles. The Balaban J connectivity index is 3.47. The number of rotatable bonds is 4. The molecule has 0 fully saturated rings. The van der Waals surface area contributed by atoms with Crippen LogP contribution in [-0.2, 0) is 25.1 Å². The molecule has 1 atom stereocenters. The molecule has 0 radical (unpaired) electrons. The Morgan fingerprint density at radius 3 is 2.64 bits per heavy atom. The van der Waals surface area contributed by atoms with E-state index in [1.54, 1.807) is 0 Å². The summed E-state index contributed by atoms with van der Waals surface area (Å²) in [5.41, 5.74) is 0.185. The minimum atomic E-state index is -2.65. The Labute approximate surface area is 66.5 Å². The first-order valence-electron chi connectivity index (χ1n) is 2.59. The molecule has 0 saturated heterocycles. The Hall–Kier alpha value is -0.720. The summed E-state index contributed by atoms with van der Waals surface area (Å²) < 4.78 is 27.6. The van der Waals surface area contributed by atoms with Crippen LogP contribution in [0.4, 0.5) is 0 Å². The first-order valence-corrected chi connectivity index (χ1v) is 3.59. The van der Waals surface area contributed by atoms with Crippen LogP contribution in [0.25, 0.3) is 0 Å². The third-order valence-electron chi connectivity index (χ3n) is 0.683. The Bertz CT molecular complexity index is 187. The van der Waals surface area contributed by atoms with E-state index in [9.17, 15) is 13.6 Å². The number of carbonyl (C=O) groups is 1. The molecule has 0 heterocycles.